The van der Waals surface area contributed by atoms with E-state index in [1.165, 1.54) is 36.0 Å². The largest absolute Gasteiger partial charge is 0.497 e. The molecular formula is C32H39N5O7. The van der Waals surface area contributed by atoms with Crippen LogP contribution in [0.2, 0.25) is 0 Å². The monoisotopic (exact) mass is 605 g/mol. The first-order chi connectivity index (χ1) is 21.0. The van der Waals surface area contributed by atoms with E-state index in [-0.39, 0.29) is 28.6 Å². The number of hydrogen-bond donors (Lipinski definition) is 0. The van der Waals surface area contributed by atoms with Gasteiger partial charge < -0.3 is 38.2 Å². The van der Waals surface area contributed by atoms with Crippen LogP contribution < -0.4 is 18.9 Å². The van der Waals surface area contributed by atoms with Gasteiger partial charge in [-0.25, -0.2) is 9.59 Å². The summed E-state index contributed by atoms with van der Waals surface area (Å²) >= 11 is 0. The third-order valence-corrected chi connectivity index (χ3v) is 7.93. The second-order valence-electron chi connectivity index (χ2n) is 11.4. The summed E-state index contributed by atoms with van der Waals surface area (Å²) in [6.07, 6.45) is 0.387. The number of rotatable bonds is 7. The number of fused-ring (bicyclic) bond motifs is 2. The van der Waals surface area contributed by atoms with Crippen molar-refractivity contribution in [3.63, 3.8) is 0 Å². The Labute approximate surface area is 256 Å². The van der Waals surface area contributed by atoms with E-state index in [1.54, 1.807) is 27.3 Å². The summed E-state index contributed by atoms with van der Waals surface area (Å²) in [6.45, 7) is 7.83. The van der Waals surface area contributed by atoms with Crippen molar-refractivity contribution in [3.8, 4) is 23.0 Å². The average molecular weight is 606 g/mol. The van der Waals surface area contributed by atoms with Gasteiger partial charge >= 0.3 is 12.2 Å². The second-order valence-corrected chi connectivity index (χ2v) is 11.4. The topological polar surface area (TPSA) is 106 Å². The highest BCUT2D eigenvalue weighted by Crippen LogP contribution is 2.43. The van der Waals surface area contributed by atoms with E-state index in [1.807, 2.05) is 25.1 Å². The van der Waals surface area contributed by atoms with Crippen molar-refractivity contribution in [1.29, 1.82) is 0 Å². The van der Waals surface area contributed by atoms with Gasteiger partial charge in [0.1, 0.15) is 22.8 Å². The summed E-state index contributed by atoms with van der Waals surface area (Å²) in [7, 11) is 9.90. The molecule has 0 spiro atoms. The van der Waals surface area contributed by atoms with Crippen LogP contribution in [-0.4, -0.2) is 117 Å². The lowest BCUT2D eigenvalue weighted by atomic mass is 10.1. The SMILES string of the molecule is COc1ccc2c(c1)c(/C=C1\Oc3cc(OC(=O)N(C)C)cc(OC(=O)N(C)C)c3C1=O)c(C)n2CCN1CCN(C)CC1. The molecule has 2 aliphatic heterocycles. The Hall–Kier alpha value is -4.55. The Bertz CT molecular complexity index is 1630. The Balaban J connectivity index is 1.53. The molecule has 3 heterocycles. The first-order valence-corrected chi connectivity index (χ1v) is 14.4. The first-order valence-electron chi connectivity index (χ1n) is 14.4. The van der Waals surface area contributed by atoms with Gasteiger partial charge in [0.25, 0.3) is 0 Å². The molecule has 1 saturated heterocycles. The molecule has 3 aromatic rings. The standard InChI is InChI=1S/C32H39N5O7/c1-20-23(24-16-21(41-7)8-9-25(24)37(20)15-14-36-12-10-35(6)11-13-36)19-28-30(38)29-26(43-28)17-22(42-31(39)33(2)3)18-27(29)44-32(40)34(4)5/h8-9,16-19H,10-15H2,1-7H3/b28-19-. The average Bonchev–Trinajstić information content (AvgIpc) is 3.44. The minimum Gasteiger partial charge on any atom is -0.497 e. The van der Waals surface area contributed by atoms with Crippen molar-refractivity contribution in [2.45, 2.75) is 13.5 Å². The molecule has 234 valence electrons. The zero-order valence-corrected chi connectivity index (χ0v) is 26.3. The summed E-state index contributed by atoms with van der Waals surface area (Å²) in [5.74, 6) is 0.431. The lowest BCUT2D eigenvalue weighted by molar-refractivity contribution is 0.101. The second kappa shape index (κ2) is 12.6. The van der Waals surface area contributed by atoms with Crippen LogP contribution in [0.3, 0.4) is 0 Å². The van der Waals surface area contributed by atoms with E-state index in [9.17, 15) is 14.4 Å². The Morgan fingerprint density at radius 2 is 1.61 bits per heavy atom. The fraction of sp³-hybridized carbons (Fsp3) is 0.406. The predicted octanol–water partition coefficient (Wildman–Crippen LogP) is 3.94. The number of aromatic nitrogens is 1. The zero-order valence-electron chi connectivity index (χ0n) is 26.3. The molecule has 1 fully saturated rings. The number of benzene rings is 2. The summed E-state index contributed by atoms with van der Waals surface area (Å²) in [4.78, 5) is 45.8. The third kappa shape index (κ3) is 6.22. The van der Waals surface area contributed by atoms with Gasteiger partial charge in [-0.2, -0.15) is 0 Å². The van der Waals surface area contributed by atoms with E-state index >= 15 is 0 Å². The van der Waals surface area contributed by atoms with E-state index in [0.717, 1.165) is 61.4 Å². The van der Waals surface area contributed by atoms with Crippen LogP contribution in [0.4, 0.5) is 9.59 Å². The van der Waals surface area contributed by atoms with Crippen LogP contribution >= 0.6 is 0 Å². The first kappa shape index (κ1) is 30.9. The van der Waals surface area contributed by atoms with E-state index in [4.69, 9.17) is 18.9 Å². The fourth-order valence-corrected chi connectivity index (χ4v) is 5.30. The molecule has 5 rings (SSSR count). The maximum atomic E-state index is 13.8. The zero-order chi connectivity index (χ0) is 31.7. The van der Waals surface area contributed by atoms with Crippen molar-refractivity contribution in [1.82, 2.24) is 24.2 Å². The van der Waals surface area contributed by atoms with Gasteiger partial charge in [0.05, 0.1) is 7.11 Å². The van der Waals surface area contributed by atoms with Crippen LogP contribution in [0.5, 0.6) is 23.0 Å². The molecule has 1 aromatic heterocycles. The van der Waals surface area contributed by atoms with Crippen molar-refractivity contribution in [2.75, 3.05) is 75.1 Å². The molecule has 0 N–H and O–H groups in total. The molecule has 0 radical (unpaired) electrons. The van der Waals surface area contributed by atoms with Gasteiger partial charge in [0.2, 0.25) is 5.78 Å². The number of Topliss-reactive ketones (excluding diaryl/α,β-unsaturated/α-hetero) is 1. The Morgan fingerprint density at radius 3 is 2.27 bits per heavy atom. The molecular weight excluding hydrogens is 566 g/mol. The van der Waals surface area contributed by atoms with Gasteiger partial charge in [0, 0.05) is 102 Å². The molecule has 0 bridgehead atoms. The molecule has 2 aromatic carbocycles. The Kier molecular flexibility index (Phi) is 8.84. The lowest BCUT2D eigenvalue weighted by Gasteiger charge is -2.32. The van der Waals surface area contributed by atoms with Gasteiger partial charge in [-0.05, 0) is 38.2 Å². The number of carbonyl (C=O) groups is 3. The number of allylic oxidation sites excluding steroid dienone is 1. The summed E-state index contributed by atoms with van der Waals surface area (Å²) in [6, 6.07) is 8.70. The number of carbonyl (C=O) groups excluding carboxylic acids is 3. The molecule has 0 atom stereocenters. The van der Waals surface area contributed by atoms with Crippen molar-refractivity contribution < 1.29 is 33.3 Å². The maximum Gasteiger partial charge on any atom is 0.414 e. The molecule has 0 unspecified atom stereocenters. The molecule has 12 heteroatoms. The number of hydrogen-bond acceptors (Lipinski definition) is 9. The summed E-state index contributed by atoms with van der Waals surface area (Å²) < 4.78 is 24.8. The van der Waals surface area contributed by atoms with Crippen LogP contribution in [0.1, 0.15) is 21.6 Å². The molecule has 0 aliphatic carbocycles. The maximum absolute atomic E-state index is 13.8. The van der Waals surface area contributed by atoms with Crippen LogP contribution in [0.25, 0.3) is 17.0 Å². The highest BCUT2D eigenvalue weighted by molar-refractivity contribution is 6.17. The highest BCUT2D eigenvalue weighted by Gasteiger charge is 2.34. The van der Waals surface area contributed by atoms with E-state index in [0.29, 0.717) is 5.75 Å². The van der Waals surface area contributed by atoms with Crippen molar-refractivity contribution >= 4 is 34.9 Å². The van der Waals surface area contributed by atoms with Gasteiger partial charge in [0.15, 0.2) is 11.5 Å². The molecule has 12 nitrogen and oxygen atoms in total. The molecule has 2 amide bonds. The minimum atomic E-state index is -0.695. The van der Waals surface area contributed by atoms with Crippen LogP contribution in [-0.2, 0) is 6.54 Å². The number of ketones is 1. The third-order valence-electron chi connectivity index (χ3n) is 7.93. The van der Waals surface area contributed by atoms with Crippen molar-refractivity contribution in [3.05, 3.63) is 52.9 Å². The number of piperazine rings is 1. The molecule has 2 aliphatic rings. The van der Waals surface area contributed by atoms with E-state index in [2.05, 4.69) is 21.4 Å². The number of methoxy groups -OCH3 is 1. The normalized spacial score (nSPS) is 16.2. The number of ether oxygens (including phenoxy) is 4. The molecule has 44 heavy (non-hydrogen) atoms. The van der Waals surface area contributed by atoms with Gasteiger partial charge in [-0.1, -0.05) is 0 Å². The van der Waals surface area contributed by atoms with Gasteiger partial charge in [-0.15, -0.1) is 0 Å². The predicted molar refractivity (Wildman–Crippen MR) is 166 cm³/mol. The smallest absolute Gasteiger partial charge is 0.414 e. The van der Waals surface area contributed by atoms with E-state index < -0.39 is 18.0 Å². The lowest BCUT2D eigenvalue weighted by Crippen LogP contribution is -2.45. The van der Waals surface area contributed by atoms with Crippen LogP contribution in [0, 0.1) is 6.92 Å². The summed E-state index contributed by atoms with van der Waals surface area (Å²) in [5, 5.41) is 0.917. The number of likely N-dealkylation sites (N-methyl/N-ethyl adjacent to an activating group) is 1. The number of nitrogens with zero attached hydrogens (tertiary/aromatic N) is 5. The minimum absolute atomic E-state index is 0.0577. The van der Waals surface area contributed by atoms with Crippen molar-refractivity contribution in [2.24, 2.45) is 0 Å². The summed E-state index contributed by atoms with van der Waals surface area (Å²) in [5.41, 5.74) is 2.89. The molecule has 0 saturated carbocycles. The number of amides is 2. The Morgan fingerprint density at radius 1 is 0.932 bits per heavy atom. The highest BCUT2D eigenvalue weighted by atomic mass is 16.6. The quantitative estimate of drug-likeness (QED) is 0.370. The van der Waals surface area contributed by atoms with Crippen LogP contribution in [0.15, 0.2) is 36.1 Å². The fourth-order valence-electron chi connectivity index (χ4n) is 5.30. The van der Waals surface area contributed by atoms with Gasteiger partial charge in [-0.3, -0.25) is 9.69 Å².